The molecule has 0 bridgehead atoms. The number of hydrogen-bond acceptors (Lipinski definition) is 3. The van der Waals surface area contributed by atoms with Crippen molar-refractivity contribution in [3.8, 4) is 0 Å². The summed E-state index contributed by atoms with van der Waals surface area (Å²) in [5, 5.41) is 6.78. The quantitative estimate of drug-likeness (QED) is 0.726. The molecular formula is C6H13ClN4S. The predicted octanol–water partition coefficient (Wildman–Crippen LogP) is 0.884. The molecule has 0 unspecified atom stereocenters. The highest BCUT2D eigenvalue weighted by molar-refractivity contribution is 7.71. The molecule has 1 aromatic rings. The van der Waals surface area contributed by atoms with Crippen LogP contribution >= 0.6 is 24.6 Å². The van der Waals surface area contributed by atoms with Gasteiger partial charge in [-0.1, -0.05) is 0 Å². The van der Waals surface area contributed by atoms with Crippen molar-refractivity contribution in [2.75, 3.05) is 6.54 Å². The van der Waals surface area contributed by atoms with Crippen LogP contribution in [0.3, 0.4) is 0 Å². The van der Waals surface area contributed by atoms with Crippen LogP contribution in [0.2, 0.25) is 0 Å². The highest BCUT2D eigenvalue weighted by Gasteiger charge is 2.01. The number of hydrogen-bond donors (Lipinski definition) is 2. The number of rotatable bonds is 3. The van der Waals surface area contributed by atoms with Gasteiger partial charge in [-0.2, -0.15) is 5.10 Å². The fourth-order valence-electron chi connectivity index (χ4n) is 0.996. The van der Waals surface area contributed by atoms with Gasteiger partial charge in [0.1, 0.15) is 5.82 Å². The third-order valence-electron chi connectivity index (χ3n) is 1.52. The van der Waals surface area contributed by atoms with E-state index in [1.807, 2.05) is 11.5 Å². The van der Waals surface area contributed by atoms with Gasteiger partial charge in [-0.3, -0.25) is 5.10 Å². The molecule has 0 aromatic carbocycles. The monoisotopic (exact) mass is 208 g/mol. The average molecular weight is 209 g/mol. The number of aromatic nitrogens is 3. The van der Waals surface area contributed by atoms with E-state index in [9.17, 15) is 0 Å². The first kappa shape index (κ1) is 11.6. The molecule has 0 saturated heterocycles. The second-order valence-corrected chi connectivity index (χ2v) is 2.61. The van der Waals surface area contributed by atoms with Crippen LogP contribution in [0.1, 0.15) is 12.7 Å². The molecule has 70 valence electrons. The van der Waals surface area contributed by atoms with E-state index in [2.05, 4.69) is 10.2 Å². The van der Waals surface area contributed by atoms with Crippen molar-refractivity contribution >= 4 is 24.6 Å². The van der Waals surface area contributed by atoms with E-state index in [4.69, 9.17) is 18.0 Å². The summed E-state index contributed by atoms with van der Waals surface area (Å²) in [6.07, 6.45) is 0.779. The Morgan fingerprint density at radius 2 is 2.33 bits per heavy atom. The Balaban J connectivity index is 0.00000121. The standard InChI is InChI=1S/C6H12N4S.ClH/c1-2-10-5(3-4-7)8-9-6(10)11;/h2-4,7H2,1H3,(H,9,11);1H. The van der Waals surface area contributed by atoms with Gasteiger partial charge in [0, 0.05) is 13.0 Å². The van der Waals surface area contributed by atoms with E-state index in [0.29, 0.717) is 11.3 Å². The van der Waals surface area contributed by atoms with Crippen molar-refractivity contribution in [1.29, 1.82) is 0 Å². The van der Waals surface area contributed by atoms with Crippen LogP contribution in [0.15, 0.2) is 0 Å². The maximum Gasteiger partial charge on any atom is 0.195 e. The summed E-state index contributed by atoms with van der Waals surface area (Å²) in [4.78, 5) is 0. The molecule has 0 aliphatic carbocycles. The molecule has 0 radical (unpaired) electrons. The van der Waals surface area contributed by atoms with E-state index in [1.54, 1.807) is 0 Å². The van der Waals surface area contributed by atoms with Crippen molar-refractivity contribution in [2.45, 2.75) is 19.9 Å². The molecule has 0 amide bonds. The number of H-pyrrole nitrogens is 1. The Morgan fingerprint density at radius 3 is 2.83 bits per heavy atom. The van der Waals surface area contributed by atoms with Gasteiger partial charge >= 0.3 is 0 Å². The molecule has 12 heavy (non-hydrogen) atoms. The summed E-state index contributed by atoms with van der Waals surface area (Å²) in [6.45, 7) is 3.50. The Kier molecular flexibility index (Phi) is 5.12. The first-order valence-electron chi connectivity index (χ1n) is 3.63. The molecule has 4 nitrogen and oxygen atoms in total. The molecule has 1 rings (SSSR count). The van der Waals surface area contributed by atoms with Crippen LogP contribution in [0.4, 0.5) is 0 Å². The van der Waals surface area contributed by atoms with Gasteiger partial charge in [0.15, 0.2) is 4.77 Å². The lowest BCUT2D eigenvalue weighted by molar-refractivity contribution is 0.686. The zero-order valence-corrected chi connectivity index (χ0v) is 8.54. The average Bonchev–Trinajstić information content (AvgIpc) is 2.33. The molecule has 1 aromatic heterocycles. The highest BCUT2D eigenvalue weighted by Crippen LogP contribution is 1.96. The van der Waals surface area contributed by atoms with Crippen LogP contribution in [-0.2, 0) is 13.0 Å². The molecule has 6 heteroatoms. The Hall–Kier alpha value is -0.390. The highest BCUT2D eigenvalue weighted by atomic mass is 35.5. The van der Waals surface area contributed by atoms with Crippen LogP contribution in [-0.4, -0.2) is 21.3 Å². The van der Waals surface area contributed by atoms with Crippen LogP contribution < -0.4 is 5.73 Å². The van der Waals surface area contributed by atoms with Crippen molar-refractivity contribution in [3.05, 3.63) is 10.6 Å². The maximum atomic E-state index is 5.39. The molecule has 0 spiro atoms. The van der Waals surface area contributed by atoms with Gasteiger partial charge in [0.25, 0.3) is 0 Å². The second kappa shape index (κ2) is 5.29. The van der Waals surface area contributed by atoms with Crippen molar-refractivity contribution in [3.63, 3.8) is 0 Å². The van der Waals surface area contributed by atoms with Crippen molar-refractivity contribution < 1.29 is 0 Å². The normalized spacial score (nSPS) is 9.50. The lowest BCUT2D eigenvalue weighted by Gasteiger charge is -1.99. The van der Waals surface area contributed by atoms with Crippen LogP contribution in [0.25, 0.3) is 0 Å². The third kappa shape index (κ3) is 2.30. The summed E-state index contributed by atoms with van der Waals surface area (Å²) in [5.41, 5.74) is 5.39. The topological polar surface area (TPSA) is 59.6 Å². The smallest absolute Gasteiger partial charge is 0.195 e. The van der Waals surface area contributed by atoms with E-state index in [0.717, 1.165) is 18.8 Å². The van der Waals surface area contributed by atoms with Gasteiger partial charge in [-0.25, -0.2) is 0 Å². The number of aromatic amines is 1. The first-order valence-corrected chi connectivity index (χ1v) is 4.04. The molecular weight excluding hydrogens is 196 g/mol. The summed E-state index contributed by atoms with van der Waals surface area (Å²) < 4.78 is 2.62. The van der Waals surface area contributed by atoms with E-state index in [1.165, 1.54) is 0 Å². The minimum absolute atomic E-state index is 0. The van der Waals surface area contributed by atoms with Gasteiger partial charge in [-0.15, -0.1) is 12.4 Å². The fourth-order valence-corrected chi connectivity index (χ4v) is 1.28. The van der Waals surface area contributed by atoms with E-state index >= 15 is 0 Å². The molecule has 1 heterocycles. The summed E-state index contributed by atoms with van der Waals surface area (Å²) in [7, 11) is 0. The van der Waals surface area contributed by atoms with E-state index < -0.39 is 0 Å². The summed E-state index contributed by atoms with van der Waals surface area (Å²) in [5.74, 6) is 0.944. The zero-order chi connectivity index (χ0) is 8.27. The van der Waals surface area contributed by atoms with Crippen LogP contribution in [0.5, 0.6) is 0 Å². The summed E-state index contributed by atoms with van der Waals surface area (Å²) >= 11 is 4.99. The predicted molar refractivity (Wildman–Crippen MR) is 53.1 cm³/mol. The Bertz CT molecular complexity index is 279. The maximum absolute atomic E-state index is 5.39. The summed E-state index contributed by atoms with van der Waals surface area (Å²) in [6, 6.07) is 0. The van der Waals surface area contributed by atoms with E-state index in [-0.39, 0.29) is 12.4 Å². The number of nitrogens with one attached hydrogen (secondary N) is 1. The lowest BCUT2D eigenvalue weighted by Crippen LogP contribution is -2.09. The number of nitrogens with zero attached hydrogens (tertiary/aromatic N) is 2. The van der Waals surface area contributed by atoms with Gasteiger partial charge < -0.3 is 10.3 Å². The lowest BCUT2D eigenvalue weighted by atomic mass is 10.4. The van der Waals surface area contributed by atoms with Crippen molar-refractivity contribution in [2.24, 2.45) is 5.73 Å². The Morgan fingerprint density at radius 1 is 1.67 bits per heavy atom. The SMILES string of the molecule is CCn1c(CCN)n[nH]c1=S.Cl. The van der Waals surface area contributed by atoms with Crippen molar-refractivity contribution in [1.82, 2.24) is 14.8 Å². The zero-order valence-electron chi connectivity index (χ0n) is 6.91. The number of halogens is 1. The van der Waals surface area contributed by atoms with Crippen LogP contribution in [0, 0.1) is 4.77 Å². The molecule has 3 N–H and O–H groups in total. The minimum Gasteiger partial charge on any atom is -0.330 e. The minimum atomic E-state index is 0. The molecule has 0 fully saturated rings. The second-order valence-electron chi connectivity index (χ2n) is 2.23. The first-order chi connectivity index (χ1) is 5.29. The fraction of sp³-hybridized carbons (Fsp3) is 0.667. The third-order valence-corrected chi connectivity index (χ3v) is 1.83. The molecule has 0 aliphatic rings. The molecule has 0 saturated carbocycles. The largest absolute Gasteiger partial charge is 0.330 e. The number of nitrogens with two attached hydrogens (primary N) is 1. The van der Waals surface area contributed by atoms with Gasteiger partial charge in [0.2, 0.25) is 0 Å². The molecule has 0 aliphatic heterocycles. The van der Waals surface area contributed by atoms with Gasteiger partial charge in [-0.05, 0) is 25.7 Å². The molecule has 0 atom stereocenters. The Labute approximate surface area is 82.6 Å². The van der Waals surface area contributed by atoms with Gasteiger partial charge in [0.05, 0.1) is 0 Å².